The molecule has 84 valence electrons. The van der Waals surface area contributed by atoms with Gasteiger partial charge in [-0.05, 0) is 25.0 Å². The lowest BCUT2D eigenvalue weighted by Gasteiger charge is -2.22. The van der Waals surface area contributed by atoms with Crippen molar-refractivity contribution in [3.05, 3.63) is 35.4 Å². The van der Waals surface area contributed by atoms with Crippen molar-refractivity contribution in [2.45, 2.75) is 38.7 Å². The van der Waals surface area contributed by atoms with E-state index in [0.717, 1.165) is 12.5 Å². The molecule has 3 heteroatoms. The summed E-state index contributed by atoms with van der Waals surface area (Å²) in [5.74, 6) is -1.71. The number of rotatable bonds is 4. The van der Waals surface area contributed by atoms with Gasteiger partial charge < -0.3 is 5.11 Å². The lowest BCUT2D eigenvalue weighted by molar-refractivity contribution is 0.0495. The van der Waals surface area contributed by atoms with Crippen LogP contribution < -0.4 is 0 Å². The molecule has 0 aliphatic rings. The summed E-state index contributed by atoms with van der Waals surface area (Å²) < 4.78 is 26.2. The van der Waals surface area contributed by atoms with Gasteiger partial charge in [0.15, 0.2) is 11.6 Å². The van der Waals surface area contributed by atoms with Gasteiger partial charge in [0.1, 0.15) is 0 Å². The van der Waals surface area contributed by atoms with Gasteiger partial charge in [0.2, 0.25) is 0 Å². The molecule has 0 saturated heterocycles. The zero-order valence-electron chi connectivity index (χ0n) is 9.06. The van der Waals surface area contributed by atoms with Crippen LogP contribution in [-0.4, -0.2) is 10.7 Å². The second-order valence-corrected chi connectivity index (χ2v) is 4.14. The Morgan fingerprint density at radius 1 is 1.33 bits per heavy atom. The summed E-state index contributed by atoms with van der Waals surface area (Å²) >= 11 is 0. The fraction of sp³-hybridized carbons (Fsp3) is 0.500. The first-order chi connectivity index (χ1) is 6.96. The lowest BCUT2D eigenvalue weighted by Crippen LogP contribution is -2.27. The Bertz CT molecular complexity index is 334. The third kappa shape index (κ3) is 3.27. The predicted molar refractivity (Wildman–Crippen MR) is 55.6 cm³/mol. The number of hydrogen-bond acceptors (Lipinski definition) is 1. The van der Waals surface area contributed by atoms with Gasteiger partial charge in [-0.3, -0.25) is 0 Å². The van der Waals surface area contributed by atoms with E-state index in [1.165, 1.54) is 12.1 Å². The summed E-state index contributed by atoms with van der Waals surface area (Å²) in [4.78, 5) is 0. The highest BCUT2D eigenvalue weighted by molar-refractivity contribution is 5.20. The summed E-state index contributed by atoms with van der Waals surface area (Å²) in [7, 11) is 0. The van der Waals surface area contributed by atoms with Gasteiger partial charge in [-0.25, -0.2) is 8.78 Å². The minimum Gasteiger partial charge on any atom is -0.390 e. The summed E-state index contributed by atoms with van der Waals surface area (Å²) in [5, 5.41) is 9.89. The molecule has 1 unspecified atom stereocenters. The Morgan fingerprint density at radius 3 is 2.60 bits per heavy atom. The molecule has 0 spiro atoms. The Hall–Kier alpha value is -0.960. The summed E-state index contributed by atoms with van der Waals surface area (Å²) in [6, 6.07) is 4.03. The van der Waals surface area contributed by atoms with Crippen molar-refractivity contribution < 1.29 is 13.9 Å². The van der Waals surface area contributed by atoms with Crippen LogP contribution >= 0.6 is 0 Å². The van der Waals surface area contributed by atoms with E-state index in [-0.39, 0.29) is 12.0 Å². The van der Waals surface area contributed by atoms with Crippen molar-refractivity contribution in [2.75, 3.05) is 0 Å². The maximum Gasteiger partial charge on any atom is 0.162 e. The monoisotopic (exact) mass is 214 g/mol. The molecule has 0 fully saturated rings. The molecule has 1 nitrogen and oxygen atoms in total. The molecule has 1 atom stereocenters. The first-order valence-corrected chi connectivity index (χ1v) is 5.11. The Balaban J connectivity index is 2.85. The average molecular weight is 214 g/mol. The van der Waals surface area contributed by atoms with Crippen LogP contribution in [0.2, 0.25) is 0 Å². The summed E-state index contributed by atoms with van der Waals surface area (Å²) in [6.45, 7) is 3.58. The topological polar surface area (TPSA) is 20.2 Å². The normalized spacial score (nSPS) is 15.0. The molecule has 1 aromatic rings. The molecule has 0 aliphatic carbocycles. The molecule has 1 rings (SSSR count). The molecule has 0 heterocycles. The average Bonchev–Trinajstić information content (AvgIpc) is 2.12. The third-order valence-electron chi connectivity index (χ3n) is 2.39. The van der Waals surface area contributed by atoms with Crippen LogP contribution in [0, 0.1) is 11.6 Å². The largest absolute Gasteiger partial charge is 0.390 e. The van der Waals surface area contributed by atoms with Gasteiger partial charge in [-0.2, -0.15) is 0 Å². The van der Waals surface area contributed by atoms with Crippen molar-refractivity contribution in [2.24, 2.45) is 0 Å². The highest BCUT2D eigenvalue weighted by Crippen LogP contribution is 2.21. The SMILES string of the molecule is CCCC(C)(O)Cc1cccc(F)c1F. The van der Waals surface area contributed by atoms with E-state index in [0.29, 0.717) is 6.42 Å². The zero-order chi connectivity index (χ0) is 11.5. The molecular weight excluding hydrogens is 198 g/mol. The van der Waals surface area contributed by atoms with Crippen molar-refractivity contribution in [3.8, 4) is 0 Å². The molecule has 0 radical (unpaired) electrons. The van der Waals surface area contributed by atoms with E-state index in [2.05, 4.69) is 0 Å². The van der Waals surface area contributed by atoms with E-state index < -0.39 is 17.2 Å². The second kappa shape index (κ2) is 4.71. The molecule has 0 bridgehead atoms. The third-order valence-corrected chi connectivity index (χ3v) is 2.39. The molecule has 15 heavy (non-hydrogen) atoms. The van der Waals surface area contributed by atoms with Crippen molar-refractivity contribution in [1.29, 1.82) is 0 Å². The van der Waals surface area contributed by atoms with E-state index in [9.17, 15) is 13.9 Å². The highest BCUT2D eigenvalue weighted by atomic mass is 19.2. The summed E-state index contributed by atoms with van der Waals surface area (Å²) in [5.41, 5.74) is -0.739. The summed E-state index contributed by atoms with van der Waals surface area (Å²) in [6.07, 6.45) is 1.53. The van der Waals surface area contributed by atoms with Gasteiger partial charge in [-0.15, -0.1) is 0 Å². The van der Waals surface area contributed by atoms with E-state index in [1.807, 2.05) is 6.92 Å². The fourth-order valence-electron chi connectivity index (χ4n) is 1.72. The van der Waals surface area contributed by atoms with E-state index >= 15 is 0 Å². The zero-order valence-corrected chi connectivity index (χ0v) is 9.06. The van der Waals surface area contributed by atoms with Crippen molar-refractivity contribution >= 4 is 0 Å². The van der Waals surface area contributed by atoms with Gasteiger partial charge in [-0.1, -0.05) is 25.5 Å². The lowest BCUT2D eigenvalue weighted by atomic mass is 9.92. The highest BCUT2D eigenvalue weighted by Gasteiger charge is 2.22. The number of hydrogen-bond donors (Lipinski definition) is 1. The fourth-order valence-corrected chi connectivity index (χ4v) is 1.72. The Kier molecular flexibility index (Phi) is 3.80. The van der Waals surface area contributed by atoms with Crippen LogP contribution in [0.25, 0.3) is 0 Å². The van der Waals surface area contributed by atoms with Gasteiger partial charge in [0.25, 0.3) is 0 Å². The maximum atomic E-state index is 13.3. The molecule has 0 aliphatic heterocycles. The predicted octanol–water partition coefficient (Wildman–Crippen LogP) is 3.06. The number of halogens is 2. The van der Waals surface area contributed by atoms with Gasteiger partial charge in [0.05, 0.1) is 5.60 Å². The van der Waals surface area contributed by atoms with Crippen LogP contribution in [0.1, 0.15) is 32.3 Å². The van der Waals surface area contributed by atoms with Crippen LogP contribution in [0.4, 0.5) is 8.78 Å². The number of aliphatic hydroxyl groups is 1. The second-order valence-electron chi connectivity index (χ2n) is 4.14. The molecule has 0 saturated carbocycles. The van der Waals surface area contributed by atoms with Crippen molar-refractivity contribution in [3.63, 3.8) is 0 Å². The smallest absolute Gasteiger partial charge is 0.162 e. The van der Waals surface area contributed by atoms with Crippen molar-refractivity contribution in [1.82, 2.24) is 0 Å². The molecule has 1 N–H and O–H groups in total. The molecule has 0 amide bonds. The van der Waals surface area contributed by atoms with E-state index in [1.54, 1.807) is 6.92 Å². The first-order valence-electron chi connectivity index (χ1n) is 5.11. The minimum absolute atomic E-state index is 0.143. The quantitative estimate of drug-likeness (QED) is 0.816. The standard InChI is InChI=1S/C12H16F2O/c1-3-7-12(2,15)8-9-5-4-6-10(13)11(9)14/h4-6,15H,3,7-8H2,1-2H3. The van der Waals surface area contributed by atoms with E-state index in [4.69, 9.17) is 0 Å². The molecule has 0 aromatic heterocycles. The minimum atomic E-state index is -0.969. The first kappa shape index (κ1) is 12.1. The van der Waals surface area contributed by atoms with Crippen LogP contribution in [0.5, 0.6) is 0 Å². The van der Waals surface area contributed by atoms with Crippen LogP contribution in [0.3, 0.4) is 0 Å². The maximum absolute atomic E-state index is 13.3. The van der Waals surface area contributed by atoms with Crippen LogP contribution in [-0.2, 0) is 6.42 Å². The molecular formula is C12H16F2O. The molecule has 1 aromatic carbocycles. The number of benzene rings is 1. The van der Waals surface area contributed by atoms with Crippen LogP contribution in [0.15, 0.2) is 18.2 Å². The van der Waals surface area contributed by atoms with Gasteiger partial charge >= 0.3 is 0 Å². The Morgan fingerprint density at radius 2 is 2.00 bits per heavy atom. The van der Waals surface area contributed by atoms with Gasteiger partial charge in [0, 0.05) is 6.42 Å². The Labute approximate surface area is 88.7 Å².